The van der Waals surface area contributed by atoms with Crippen LogP contribution in [-0.4, -0.2) is 15.0 Å². The molecule has 0 N–H and O–H groups in total. The molecule has 0 amide bonds. The Bertz CT molecular complexity index is 743. The van der Waals surface area contributed by atoms with Crippen LogP contribution in [0.25, 0.3) is 21.9 Å². The van der Waals surface area contributed by atoms with E-state index >= 15 is 0 Å². The van der Waals surface area contributed by atoms with Crippen LogP contribution in [0, 0.1) is 0 Å². The van der Waals surface area contributed by atoms with Crippen molar-refractivity contribution < 1.29 is 0 Å². The molecule has 0 radical (unpaired) electrons. The van der Waals surface area contributed by atoms with Gasteiger partial charge in [0.05, 0.1) is 5.52 Å². The van der Waals surface area contributed by atoms with E-state index in [1.807, 2.05) is 24.3 Å². The van der Waals surface area contributed by atoms with Crippen LogP contribution in [0.5, 0.6) is 0 Å². The molecule has 0 fully saturated rings. The van der Waals surface area contributed by atoms with Crippen LogP contribution in [0.15, 0.2) is 24.3 Å². The molecule has 17 heavy (non-hydrogen) atoms. The van der Waals surface area contributed by atoms with E-state index in [1.54, 1.807) is 0 Å². The lowest BCUT2D eigenvalue weighted by molar-refractivity contribution is 1.28. The van der Waals surface area contributed by atoms with E-state index in [0.717, 1.165) is 10.9 Å². The fourth-order valence-electron chi connectivity index (χ4n) is 1.66. The van der Waals surface area contributed by atoms with Gasteiger partial charge in [0.1, 0.15) is 11.0 Å². The van der Waals surface area contributed by atoms with Crippen LogP contribution >= 0.6 is 34.8 Å². The van der Waals surface area contributed by atoms with Gasteiger partial charge in [0, 0.05) is 5.39 Å². The Kier molecular flexibility index (Phi) is 2.54. The Labute approximate surface area is 111 Å². The molecule has 2 aromatic heterocycles. The van der Waals surface area contributed by atoms with Gasteiger partial charge < -0.3 is 0 Å². The number of rotatable bonds is 0. The Morgan fingerprint density at radius 3 is 2.12 bits per heavy atom. The van der Waals surface area contributed by atoms with Crippen LogP contribution in [-0.2, 0) is 0 Å². The highest BCUT2D eigenvalue weighted by molar-refractivity contribution is 6.41. The maximum absolute atomic E-state index is 6.04. The molecule has 3 rings (SSSR count). The third-order valence-electron chi connectivity index (χ3n) is 2.39. The third kappa shape index (κ3) is 1.71. The molecule has 0 aliphatic heterocycles. The van der Waals surface area contributed by atoms with E-state index in [1.165, 1.54) is 0 Å². The highest BCUT2D eigenvalue weighted by Gasteiger charge is 2.12. The van der Waals surface area contributed by atoms with Crippen molar-refractivity contribution in [2.75, 3.05) is 0 Å². The van der Waals surface area contributed by atoms with Gasteiger partial charge in [-0.15, -0.1) is 0 Å². The zero-order chi connectivity index (χ0) is 12.0. The predicted octanol–water partition coefficient (Wildman–Crippen LogP) is 4.14. The number of fused-ring (bicyclic) bond motifs is 3. The van der Waals surface area contributed by atoms with Crippen molar-refractivity contribution in [2.24, 2.45) is 0 Å². The molecule has 3 nitrogen and oxygen atoms in total. The van der Waals surface area contributed by atoms with Crippen molar-refractivity contribution in [3.63, 3.8) is 0 Å². The minimum atomic E-state index is 0.123. The summed E-state index contributed by atoms with van der Waals surface area (Å²) in [4.78, 5) is 12.5. The van der Waals surface area contributed by atoms with E-state index in [-0.39, 0.29) is 15.5 Å². The first-order valence-electron chi connectivity index (χ1n) is 4.74. The molecule has 0 bridgehead atoms. The second kappa shape index (κ2) is 3.95. The van der Waals surface area contributed by atoms with Crippen molar-refractivity contribution in [3.8, 4) is 0 Å². The van der Waals surface area contributed by atoms with Gasteiger partial charge in [-0.3, -0.25) is 0 Å². The zero-order valence-corrected chi connectivity index (χ0v) is 10.6. The van der Waals surface area contributed by atoms with Crippen LogP contribution in [0.3, 0.4) is 0 Å². The summed E-state index contributed by atoms with van der Waals surface area (Å²) in [5.74, 6) is 0. The van der Waals surface area contributed by atoms with Gasteiger partial charge in [-0.2, -0.15) is 0 Å². The first kappa shape index (κ1) is 11.0. The summed E-state index contributed by atoms with van der Waals surface area (Å²) in [5, 5.41) is 1.40. The Balaban J connectivity index is 2.60. The molecule has 84 valence electrons. The molecule has 0 atom stereocenters. The van der Waals surface area contributed by atoms with Crippen LogP contribution in [0.4, 0.5) is 0 Å². The fraction of sp³-hybridized carbons (Fsp3) is 0. The van der Waals surface area contributed by atoms with E-state index < -0.39 is 0 Å². The monoisotopic (exact) mass is 283 g/mol. The topological polar surface area (TPSA) is 38.7 Å². The number of pyridine rings is 1. The lowest BCUT2D eigenvalue weighted by Gasteiger charge is -2.04. The summed E-state index contributed by atoms with van der Waals surface area (Å²) in [6.45, 7) is 0. The van der Waals surface area contributed by atoms with Crippen molar-refractivity contribution in [1.29, 1.82) is 0 Å². The zero-order valence-electron chi connectivity index (χ0n) is 8.28. The van der Waals surface area contributed by atoms with Crippen molar-refractivity contribution >= 4 is 56.7 Å². The molecule has 0 unspecified atom stereocenters. The van der Waals surface area contributed by atoms with Gasteiger partial charge >= 0.3 is 0 Å². The Morgan fingerprint density at radius 1 is 0.706 bits per heavy atom. The lowest BCUT2D eigenvalue weighted by Crippen LogP contribution is -1.92. The molecule has 0 saturated heterocycles. The summed E-state index contributed by atoms with van der Waals surface area (Å²) >= 11 is 17.7. The first-order valence-corrected chi connectivity index (χ1v) is 5.87. The predicted molar refractivity (Wildman–Crippen MR) is 69.9 cm³/mol. The largest absolute Gasteiger partial charge is 0.234 e. The number of hydrogen-bond donors (Lipinski definition) is 0. The molecule has 0 spiro atoms. The highest BCUT2D eigenvalue weighted by Crippen LogP contribution is 2.29. The molecule has 0 aliphatic rings. The average molecular weight is 285 g/mol. The van der Waals surface area contributed by atoms with E-state index in [0.29, 0.717) is 11.0 Å². The maximum Gasteiger partial charge on any atom is 0.167 e. The second-order valence-corrected chi connectivity index (χ2v) is 4.50. The number of para-hydroxylation sites is 1. The molecule has 0 saturated carbocycles. The number of hydrogen-bond acceptors (Lipinski definition) is 3. The SMILES string of the molecule is Clc1nc2c(Cl)nc3ccccc3c2nc1Cl. The fourth-order valence-corrected chi connectivity index (χ4v) is 2.13. The number of aromatic nitrogens is 3. The molecule has 3 aromatic rings. The minimum Gasteiger partial charge on any atom is -0.234 e. The Morgan fingerprint density at radius 2 is 1.35 bits per heavy atom. The van der Waals surface area contributed by atoms with E-state index in [4.69, 9.17) is 34.8 Å². The summed E-state index contributed by atoms with van der Waals surface area (Å²) in [6.07, 6.45) is 0. The Hall–Kier alpha value is -1.16. The normalized spacial score (nSPS) is 11.2. The number of benzene rings is 1. The number of halogens is 3. The molecule has 0 aliphatic carbocycles. The van der Waals surface area contributed by atoms with Gasteiger partial charge in [-0.05, 0) is 6.07 Å². The minimum absolute atomic E-state index is 0.123. The quantitative estimate of drug-likeness (QED) is 0.460. The van der Waals surface area contributed by atoms with E-state index in [9.17, 15) is 0 Å². The smallest absolute Gasteiger partial charge is 0.167 e. The molecule has 1 aromatic carbocycles. The van der Waals surface area contributed by atoms with Gasteiger partial charge in [0.25, 0.3) is 0 Å². The van der Waals surface area contributed by atoms with Gasteiger partial charge in [-0.1, -0.05) is 53.0 Å². The standard InChI is InChI=1S/C11H4Cl3N3/c12-9-8-7(16-10(13)11(14)17-8)5-3-1-2-4-6(5)15-9/h1-4H. The molecule has 2 heterocycles. The molecular weight excluding hydrogens is 281 g/mol. The maximum atomic E-state index is 6.04. The average Bonchev–Trinajstić information content (AvgIpc) is 2.32. The second-order valence-electron chi connectivity index (χ2n) is 3.42. The third-order valence-corrected chi connectivity index (χ3v) is 3.27. The molecule has 6 heteroatoms. The van der Waals surface area contributed by atoms with Gasteiger partial charge in [-0.25, -0.2) is 15.0 Å². The van der Waals surface area contributed by atoms with Gasteiger partial charge in [0.2, 0.25) is 0 Å². The van der Waals surface area contributed by atoms with E-state index in [2.05, 4.69) is 15.0 Å². The van der Waals surface area contributed by atoms with Crippen molar-refractivity contribution in [3.05, 3.63) is 39.7 Å². The summed E-state index contributed by atoms with van der Waals surface area (Å²) < 4.78 is 0. The van der Waals surface area contributed by atoms with Crippen molar-refractivity contribution in [2.45, 2.75) is 0 Å². The van der Waals surface area contributed by atoms with Crippen molar-refractivity contribution in [1.82, 2.24) is 15.0 Å². The summed E-state index contributed by atoms with van der Waals surface area (Å²) in [5.41, 5.74) is 1.81. The summed E-state index contributed by atoms with van der Waals surface area (Å²) in [7, 11) is 0. The summed E-state index contributed by atoms with van der Waals surface area (Å²) in [6, 6.07) is 7.51. The highest BCUT2D eigenvalue weighted by atomic mass is 35.5. The molecular formula is C11H4Cl3N3. The van der Waals surface area contributed by atoms with Crippen LogP contribution < -0.4 is 0 Å². The lowest BCUT2D eigenvalue weighted by atomic mass is 10.2. The van der Waals surface area contributed by atoms with Crippen LogP contribution in [0.1, 0.15) is 0 Å². The van der Waals surface area contributed by atoms with Gasteiger partial charge in [0.15, 0.2) is 15.5 Å². The first-order chi connectivity index (χ1) is 8.16. The number of nitrogens with zero attached hydrogens (tertiary/aromatic N) is 3. The van der Waals surface area contributed by atoms with Crippen LogP contribution in [0.2, 0.25) is 15.5 Å².